The van der Waals surface area contributed by atoms with E-state index in [0.29, 0.717) is 5.56 Å². The van der Waals surface area contributed by atoms with Crippen molar-refractivity contribution in [1.82, 2.24) is 4.98 Å². The second kappa shape index (κ2) is 4.96. The van der Waals surface area contributed by atoms with Gasteiger partial charge in [0.2, 0.25) is 0 Å². The van der Waals surface area contributed by atoms with Gasteiger partial charge in [0.1, 0.15) is 6.07 Å². The van der Waals surface area contributed by atoms with Crippen molar-refractivity contribution in [2.75, 3.05) is 11.4 Å². The molecule has 0 N–H and O–H groups in total. The number of hydrogen-bond acceptors (Lipinski definition) is 4. The quantitative estimate of drug-likeness (QED) is 0.777. The lowest BCUT2D eigenvalue weighted by Gasteiger charge is -2.36. The molecule has 1 unspecified atom stereocenters. The maximum absolute atomic E-state index is 11.6. The fraction of sp³-hybridized carbons (Fsp3) is 0.462. The van der Waals surface area contributed by atoms with Crippen LogP contribution in [-0.2, 0) is 4.79 Å². The van der Waals surface area contributed by atoms with Crippen molar-refractivity contribution in [3.63, 3.8) is 0 Å². The van der Waals surface area contributed by atoms with Crippen LogP contribution in [0.1, 0.15) is 31.7 Å². The van der Waals surface area contributed by atoms with Crippen molar-refractivity contribution in [3.8, 4) is 6.07 Å². The highest BCUT2D eigenvalue weighted by Crippen LogP contribution is 2.27. The Morgan fingerprint density at radius 1 is 1.59 bits per heavy atom. The third-order valence-electron chi connectivity index (χ3n) is 3.20. The molecule has 0 spiro atoms. The van der Waals surface area contributed by atoms with Gasteiger partial charge in [-0.2, -0.15) is 5.26 Å². The zero-order chi connectivity index (χ0) is 12.3. The second-order valence-electron chi connectivity index (χ2n) is 4.32. The van der Waals surface area contributed by atoms with Crippen molar-refractivity contribution in [2.24, 2.45) is 0 Å². The van der Waals surface area contributed by atoms with Crippen LogP contribution >= 0.6 is 0 Å². The molecule has 1 aromatic rings. The highest BCUT2D eigenvalue weighted by Gasteiger charge is 2.27. The summed E-state index contributed by atoms with van der Waals surface area (Å²) in [6, 6.07) is 3.76. The lowest BCUT2D eigenvalue weighted by atomic mass is 9.98. The molecule has 0 bridgehead atoms. The molecule has 1 saturated heterocycles. The Hall–Kier alpha value is -1.89. The van der Waals surface area contributed by atoms with Gasteiger partial charge >= 0.3 is 0 Å². The first-order valence-corrected chi connectivity index (χ1v) is 5.85. The smallest absolute Gasteiger partial charge is 0.152 e. The molecule has 4 heteroatoms. The van der Waals surface area contributed by atoms with Gasteiger partial charge in [-0.15, -0.1) is 0 Å². The van der Waals surface area contributed by atoms with E-state index in [9.17, 15) is 4.79 Å². The maximum atomic E-state index is 11.6. The number of Topliss-reactive ketones (excluding diaryl/α,β-unsaturated/α-hetero) is 1. The van der Waals surface area contributed by atoms with Gasteiger partial charge in [-0.05, 0) is 32.3 Å². The fourth-order valence-electron chi connectivity index (χ4n) is 2.35. The van der Waals surface area contributed by atoms with E-state index in [0.717, 1.165) is 31.5 Å². The lowest BCUT2D eigenvalue weighted by molar-refractivity contribution is -0.118. The number of ketones is 1. The zero-order valence-electron chi connectivity index (χ0n) is 9.89. The number of aromatic nitrogens is 1. The molecule has 1 atom stereocenters. The summed E-state index contributed by atoms with van der Waals surface area (Å²) in [6.07, 6.45) is 6.29. The molecule has 1 fully saturated rings. The highest BCUT2D eigenvalue weighted by molar-refractivity contribution is 5.85. The van der Waals surface area contributed by atoms with Crippen LogP contribution in [0.25, 0.3) is 0 Å². The van der Waals surface area contributed by atoms with Gasteiger partial charge in [0, 0.05) is 12.7 Å². The molecule has 2 rings (SSSR count). The van der Waals surface area contributed by atoms with E-state index in [1.54, 1.807) is 25.4 Å². The van der Waals surface area contributed by atoms with Crippen LogP contribution in [0.5, 0.6) is 0 Å². The molecule has 1 aliphatic rings. The number of nitriles is 1. The molecule has 0 saturated carbocycles. The van der Waals surface area contributed by atoms with E-state index in [-0.39, 0.29) is 11.8 Å². The summed E-state index contributed by atoms with van der Waals surface area (Å²) in [5, 5.41) is 9.08. The number of piperidine rings is 1. The van der Waals surface area contributed by atoms with Crippen molar-refractivity contribution in [3.05, 3.63) is 24.0 Å². The number of hydrogen-bond donors (Lipinski definition) is 0. The minimum Gasteiger partial charge on any atom is -0.359 e. The molecule has 1 aromatic heterocycles. The monoisotopic (exact) mass is 229 g/mol. The summed E-state index contributed by atoms with van der Waals surface area (Å²) >= 11 is 0. The molecule has 2 heterocycles. The number of carbonyl (C=O) groups excluding carboxylic acids is 1. The van der Waals surface area contributed by atoms with Crippen LogP contribution in [0, 0.1) is 11.3 Å². The molecule has 17 heavy (non-hydrogen) atoms. The van der Waals surface area contributed by atoms with Crippen LogP contribution in [0.15, 0.2) is 18.5 Å². The van der Waals surface area contributed by atoms with Gasteiger partial charge in [0.15, 0.2) is 5.78 Å². The summed E-state index contributed by atoms with van der Waals surface area (Å²) in [6.45, 7) is 2.44. The van der Waals surface area contributed by atoms with E-state index in [1.807, 2.05) is 4.90 Å². The van der Waals surface area contributed by atoms with Gasteiger partial charge in [-0.3, -0.25) is 9.78 Å². The average molecular weight is 229 g/mol. The fourth-order valence-corrected chi connectivity index (χ4v) is 2.35. The Balaban J connectivity index is 2.36. The molecule has 4 nitrogen and oxygen atoms in total. The van der Waals surface area contributed by atoms with E-state index >= 15 is 0 Å². The van der Waals surface area contributed by atoms with Crippen LogP contribution in [-0.4, -0.2) is 23.4 Å². The molecule has 0 aromatic carbocycles. The number of anilines is 1. The number of carbonyl (C=O) groups is 1. The second-order valence-corrected chi connectivity index (χ2v) is 4.32. The first kappa shape index (κ1) is 11.6. The molecule has 0 aliphatic carbocycles. The minimum atomic E-state index is -0.0972. The summed E-state index contributed by atoms with van der Waals surface area (Å²) in [5.74, 6) is 0.164. The van der Waals surface area contributed by atoms with Gasteiger partial charge in [-0.25, -0.2) is 0 Å². The minimum absolute atomic E-state index is 0.0972. The SMILES string of the molecule is CC(=O)C1CCCCN1c1cnccc1C#N. The van der Waals surface area contributed by atoms with Crippen LogP contribution < -0.4 is 4.90 Å². The lowest BCUT2D eigenvalue weighted by Crippen LogP contribution is -2.44. The summed E-state index contributed by atoms with van der Waals surface area (Å²) < 4.78 is 0. The summed E-state index contributed by atoms with van der Waals surface area (Å²) in [4.78, 5) is 17.7. The molecule has 88 valence electrons. The Labute approximate surface area is 101 Å². The summed E-state index contributed by atoms with van der Waals surface area (Å²) in [5.41, 5.74) is 1.38. The largest absolute Gasteiger partial charge is 0.359 e. The molecular weight excluding hydrogens is 214 g/mol. The van der Waals surface area contributed by atoms with Crippen LogP contribution in [0.3, 0.4) is 0 Å². The standard InChI is InChI=1S/C13H15N3O/c1-10(17)12-4-2-3-7-16(12)13-9-15-6-5-11(13)8-14/h5-6,9,12H,2-4,7H2,1H3. The normalized spacial score (nSPS) is 19.8. The third-order valence-corrected chi connectivity index (χ3v) is 3.20. The van der Waals surface area contributed by atoms with Gasteiger partial charge in [-0.1, -0.05) is 0 Å². The topological polar surface area (TPSA) is 57.0 Å². The number of rotatable bonds is 2. The number of nitrogens with zero attached hydrogens (tertiary/aromatic N) is 3. The molecule has 0 radical (unpaired) electrons. The molecule has 0 amide bonds. The Kier molecular flexibility index (Phi) is 3.38. The van der Waals surface area contributed by atoms with Crippen LogP contribution in [0.4, 0.5) is 5.69 Å². The summed E-state index contributed by atoms with van der Waals surface area (Å²) in [7, 11) is 0. The van der Waals surface area contributed by atoms with E-state index < -0.39 is 0 Å². The van der Waals surface area contributed by atoms with Crippen LogP contribution in [0.2, 0.25) is 0 Å². The van der Waals surface area contributed by atoms with E-state index in [1.165, 1.54) is 0 Å². The van der Waals surface area contributed by atoms with E-state index in [4.69, 9.17) is 5.26 Å². The average Bonchev–Trinajstić information content (AvgIpc) is 2.38. The highest BCUT2D eigenvalue weighted by atomic mass is 16.1. The Morgan fingerprint density at radius 2 is 2.41 bits per heavy atom. The van der Waals surface area contributed by atoms with E-state index in [2.05, 4.69) is 11.1 Å². The molecular formula is C13H15N3O. The predicted octanol–water partition coefficient (Wildman–Crippen LogP) is 1.90. The van der Waals surface area contributed by atoms with Crippen molar-refractivity contribution < 1.29 is 4.79 Å². The third kappa shape index (κ3) is 2.28. The first-order chi connectivity index (χ1) is 8.24. The van der Waals surface area contributed by atoms with Crippen molar-refractivity contribution in [2.45, 2.75) is 32.2 Å². The predicted molar refractivity (Wildman–Crippen MR) is 64.6 cm³/mol. The first-order valence-electron chi connectivity index (χ1n) is 5.85. The van der Waals surface area contributed by atoms with Gasteiger partial charge in [0.05, 0.1) is 23.5 Å². The van der Waals surface area contributed by atoms with Crippen molar-refractivity contribution >= 4 is 11.5 Å². The van der Waals surface area contributed by atoms with Gasteiger partial charge in [0.25, 0.3) is 0 Å². The number of pyridine rings is 1. The Morgan fingerprint density at radius 3 is 3.12 bits per heavy atom. The molecule has 1 aliphatic heterocycles. The Bertz CT molecular complexity index is 464. The van der Waals surface area contributed by atoms with Crippen molar-refractivity contribution in [1.29, 1.82) is 5.26 Å². The maximum Gasteiger partial charge on any atom is 0.152 e. The zero-order valence-corrected chi connectivity index (χ0v) is 9.89. The van der Waals surface area contributed by atoms with Gasteiger partial charge < -0.3 is 4.90 Å².